The van der Waals surface area contributed by atoms with E-state index in [1.54, 1.807) is 106 Å². The monoisotopic (exact) mass is 1430 g/mol. The minimum Gasteiger partial charge on any atom is -0.545 e. The zero-order valence-corrected chi connectivity index (χ0v) is 63.0. The fourth-order valence-corrected chi connectivity index (χ4v) is 12.3. The van der Waals surface area contributed by atoms with Crippen molar-refractivity contribution < 1.29 is 196 Å². The third-order valence-electron chi connectivity index (χ3n) is 15.2. The number of methoxy groups -OCH3 is 4. The summed E-state index contributed by atoms with van der Waals surface area (Å²) >= 11 is 0. The molecule has 0 saturated carbocycles. The van der Waals surface area contributed by atoms with Crippen LogP contribution in [0.5, 0.6) is 57.5 Å². The van der Waals surface area contributed by atoms with E-state index in [1.165, 1.54) is 77.3 Å². The number of aryl methyl sites for hydroxylation is 2. The molecule has 0 bridgehead atoms. The van der Waals surface area contributed by atoms with Crippen LogP contribution in [-0.4, -0.2) is 125 Å². The number of nitrogens with zero attached hydrogens (tertiary/aromatic N) is 6. The smallest absolute Gasteiger partial charge is 0.545 e. The number of carbonyl (C=O) groups excluding carboxylic acids is 4. The summed E-state index contributed by atoms with van der Waals surface area (Å²) in [5.41, 5.74) is 2.52. The normalized spacial score (nSPS) is 12.2. The first-order chi connectivity index (χ1) is 46.4. The second-order valence-electron chi connectivity index (χ2n) is 21.2. The van der Waals surface area contributed by atoms with Crippen molar-refractivity contribution in [1.82, 2.24) is 27.7 Å². The number of carboxylic acid groups (broad SMARTS) is 2. The number of rotatable bonds is 32. The molecule has 0 saturated heterocycles. The Morgan fingerprint density at radius 1 is 0.520 bits per heavy atom. The van der Waals surface area contributed by atoms with E-state index in [1.807, 2.05) is 13.8 Å². The number of aliphatic carboxylic acids is 2. The van der Waals surface area contributed by atoms with Crippen molar-refractivity contribution in [2.75, 3.05) is 55.5 Å². The Hall–Kier alpha value is -7.73. The van der Waals surface area contributed by atoms with Crippen molar-refractivity contribution in [3.63, 3.8) is 0 Å². The van der Waals surface area contributed by atoms with Crippen LogP contribution in [0.2, 0.25) is 0 Å². The summed E-state index contributed by atoms with van der Waals surface area (Å²) in [5.74, 6) is 2.24. The molecule has 0 fully saturated rings. The zero-order chi connectivity index (χ0) is 68.5. The molecule has 6 aromatic carbocycles. The van der Waals surface area contributed by atoms with Crippen LogP contribution in [0.25, 0.3) is 23.5 Å². The van der Waals surface area contributed by atoms with Gasteiger partial charge in [0.1, 0.15) is 46.1 Å². The fraction of sp³-hybridized carbons (Fsp3) is 0.265. The molecule has 2 aliphatic heterocycles. The van der Waals surface area contributed by atoms with Crippen molar-refractivity contribution in [3.8, 4) is 68.9 Å². The molecule has 0 N–H and O–H groups in total. The molecule has 504 valence electrons. The van der Waals surface area contributed by atoms with Gasteiger partial charge in [-0.2, -0.15) is 0 Å². The van der Waals surface area contributed by atoms with E-state index >= 15 is 0 Å². The third kappa shape index (κ3) is 18.6. The van der Waals surface area contributed by atoms with Crippen molar-refractivity contribution in [2.24, 2.45) is 0 Å². The predicted molar refractivity (Wildman–Crippen MR) is 343 cm³/mol. The van der Waals surface area contributed by atoms with E-state index in [0.717, 1.165) is 25.7 Å². The second kappa shape index (κ2) is 36.4. The Balaban J connectivity index is 0.000000270. The number of aromatic nitrogens is 4. The number of sulfonamides is 2. The Bertz CT molecular complexity index is 4140. The molecule has 0 unspecified atom stereocenters. The molecule has 2 aliphatic rings. The molecule has 8 aromatic rings. The van der Waals surface area contributed by atoms with Gasteiger partial charge in [0.25, 0.3) is 20.0 Å². The van der Waals surface area contributed by atoms with Crippen molar-refractivity contribution in [1.29, 1.82) is 0 Å². The number of imidazole rings is 2. The van der Waals surface area contributed by atoms with E-state index in [9.17, 15) is 46.2 Å². The van der Waals surface area contributed by atoms with Crippen LogP contribution in [0.3, 0.4) is 0 Å². The largest absolute Gasteiger partial charge is 1.00 e. The zero-order valence-electron chi connectivity index (χ0n) is 55.2. The van der Waals surface area contributed by atoms with Crippen molar-refractivity contribution in [2.45, 2.75) is 75.0 Å². The van der Waals surface area contributed by atoms with Crippen LogP contribution < -0.4 is 160 Å². The minimum absolute atomic E-state index is 0. The molecule has 10 rings (SSSR count). The van der Waals surface area contributed by atoms with E-state index in [2.05, 4.69) is 9.97 Å². The summed E-state index contributed by atoms with van der Waals surface area (Å²) in [7, 11) is -2.56. The topological polar surface area (TPSA) is 317 Å². The average molecular weight is 1430 g/mol. The SMILES string of the molecule is CCCCc1ncc(/C=C(\Cc2cc3c(cc2OC)OCO3)C(=O)[O-])n1-c1ccc(OC)cc1OCN(C=O)S(=O)(=O)c1ccccc1.CCCCc1ncc(/C=C(\Cc2cc3c(cc2OC)OCO3)C(=O)[O-])n1-c1ccc(OC)cc1OCN(C=O)S(=O)(=O)c1ccccc1.[K+].[K+]. The second-order valence-corrected chi connectivity index (χ2v) is 25.0. The van der Waals surface area contributed by atoms with Gasteiger partial charge >= 0.3 is 103 Å². The first-order valence-corrected chi connectivity index (χ1v) is 32.8. The van der Waals surface area contributed by atoms with E-state index in [-0.39, 0.29) is 174 Å². The third-order valence-corrected chi connectivity index (χ3v) is 18.5. The quantitative estimate of drug-likeness (QED) is 0.0246. The number of hydrogen-bond acceptors (Lipinski definition) is 22. The summed E-state index contributed by atoms with van der Waals surface area (Å²) in [4.78, 5) is 58.0. The van der Waals surface area contributed by atoms with E-state index in [4.69, 9.17) is 47.4 Å². The molecule has 26 nitrogen and oxygen atoms in total. The summed E-state index contributed by atoms with van der Waals surface area (Å²) in [6.45, 7) is 2.84. The van der Waals surface area contributed by atoms with Crippen LogP contribution in [-0.2, 0) is 64.9 Å². The number of hydrogen-bond donors (Lipinski definition) is 0. The molecule has 2 aromatic heterocycles. The summed E-state index contributed by atoms with van der Waals surface area (Å²) in [5, 5.41) is 25.0. The summed E-state index contributed by atoms with van der Waals surface area (Å²) < 4.78 is 113. The molecule has 0 radical (unpaired) electrons. The van der Waals surface area contributed by atoms with Gasteiger partial charge in [0.2, 0.25) is 26.4 Å². The summed E-state index contributed by atoms with van der Waals surface area (Å²) in [6.07, 6.45) is 10.6. The average Bonchev–Trinajstić information content (AvgIpc) is 1.62. The number of fused-ring (bicyclic) bond motifs is 2. The number of benzene rings is 6. The first-order valence-electron chi connectivity index (χ1n) is 30.0. The van der Waals surface area contributed by atoms with Crippen LogP contribution >= 0.6 is 0 Å². The Morgan fingerprint density at radius 2 is 0.888 bits per heavy atom. The number of carbonyl (C=O) groups is 4. The van der Waals surface area contributed by atoms with E-state index in [0.29, 0.717) is 113 Å². The number of unbranched alkanes of at least 4 members (excludes halogenated alkanes) is 2. The Labute approximate surface area is 651 Å². The van der Waals surface area contributed by atoms with E-state index < -0.39 is 45.4 Å². The van der Waals surface area contributed by atoms with Crippen LogP contribution in [0.1, 0.15) is 73.7 Å². The van der Waals surface area contributed by atoms with Crippen molar-refractivity contribution in [3.05, 3.63) is 179 Å². The maximum absolute atomic E-state index is 13.2. The maximum atomic E-state index is 13.2. The van der Waals surface area contributed by atoms with Gasteiger partial charge in [0, 0.05) is 61.1 Å². The number of carboxylic acids is 2. The van der Waals surface area contributed by atoms with Crippen LogP contribution in [0.15, 0.2) is 155 Å². The van der Waals surface area contributed by atoms with Crippen LogP contribution in [0, 0.1) is 0 Å². The molecule has 4 heterocycles. The standard InChI is InChI=1S/2C34H35N3O10S.2K/c2*1-4-5-11-33-35-19-25(15-24(34(39)40)14-23-16-31-32(47-22-46-31)18-29(23)44-3)37(33)28-13-12-26(43-2)17-30(28)45-21-36(20-38)48(41,42)27-9-7-6-8-10-27;;/h2*6-10,12-13,15-20H,4-5,11,14,21-22H2,1-3H3,(H,39,40);;/q;;2*+1/p-2/b2*24-15+;;. The summed E-state index contributed by atoms with van der Waals surface area (Å²) in [6, 6.07) is 31.4. The van der Waals surface area contributed by atoms with Gasteiger partial charge in [-0.25, -0.2) is 35.4 Å². The fourth-order valence-electron chi connectivity index (χ4n) is 10.2. The van der Waals surface area contributed by atoms with Crippen LogP contribution in [0.4, 0.5) is 0 Å². The molecule has 30 heteroatoms. The van der Waals surface area contributed by atoms with Gasteiger partial charge in [-0.15, -0.1) is 0 Å². The molecule has 0 aliphatic carbocycles. The Morgan fingerprint density at radius 3 is 1.21 bits per heavy atom. The van der Waals surface area contributed by atoms with Crippen molar-refractivity contribution >= 4 is 57.0 Å². The maximum Gasteiger partial charge on any atom is 1.00 e. The number of ether oxygens (including phenoxy) is 10. The van der Waals surface area contributed by atoms with Gasteiger partial charge < -0.3 is 67.2 Å². The van der Waals surface area contributed by atoms with Gasteiger partial charge in [-0.1, -0.05) is 63.1 Å². The minimum atomic E-state index is -4.22. The number of amides is 2. The predicted octanol–water partition coefficient (Wildman–Crippen LogP) is 1.05. The molecule has 2 amide bonds. The van der Waals surface area contributed by atoms with Gasteiger partial charge in [0.05, 0.1) is 85.3 Å². The van der Waals surface area contributed by atoms with Gasteiger partial charge in [-0.05, 0) is 96.8 Å². The first kappa shape index (κ1) is 77.6. The molecular formula is C68H68K2N6O20S2. The molecule has 0 spiro atoms. The van der Waals surface area contributed by atoms with Gasteiger partial charge in [-0.3, -0.25) is 18.7 Å². The molecule has 0 atom stereocenters. The molecular weight excluding hydrogens is 1360 g/mol. The van der Waals surface area contributed by atoms with Gasteiger partial charge in [0.15, 0.2) is 36.5 Å². The molecule has 98 heavy (non-hydrogen) atoms. The Kier molecular flexibility index (Phi) is 28.8.